The zero-order chi connectivity index (χ0) is 9.68. The first kappa shape index (κ1) is 10.6. The van der Waals surface area contributed by atoms with Crippen LogP contribution in [-0.2, 0) is 4.79 Å². The van der Waals surface area contributed by atoms with Crippen molar-refractivity contribution in [2.24, 2.45) is 17.6 Å². The number of carbonyl (C=O) groups excluding carboxylic acids is 1. The largest absolute Gasteiger partial charge is 0.369 e. The van der Waals surface area contributed by atoms with Gasteiger partial charge in [0.2, 0.25) is 5.91 Å². The Morgan fingerprint density at radius 3 is 2.54 bits per heavy atom. The summed E-state index contributed by atoms with van der Waals surface area (Å²) >= 11 is 0. The molecule has 2 N–H and O–H groups in total. The van der Waals surface area contributed by atoms with Crippen molar-refractivity contribution < 1.29 is 4.79 Å². The van der Waals surface area contributed by atoms with E-state index in [1.54, 1.807) is 0 Å². The van der Waals surface area contributed by atoms with Gasteiger partial charge >= 0.3 is 0 Å². The zero-order valence-electron chi connectivity index (χ0n) is 8.59. The Bertz CT molecular complexity index is 161. The van der Waals surface area contributed by atoms with E-state index in [4.69, 9.17) is 5.73 Å². The molecule has 1 atom stereocenters. The average molecular weight is 183 g/mol. The second-order valence-corrected chi connectivity index (χ2v) is 4.20. The van der Waals surface area contributed by atoms with Crippen molar-refractivity contribution in [2.45, 2.75) is 51.9 Å². The molecule has 1 saturated carbocycles. The maximum atomic E-state index is 11.2. The van der Waals surface area contributed by atoms with Crippen LogP contribution in [0.2, 0.25) is 0 Å². The molecule has 76 valence electrons. The predicted molar refractivity (Wildman–Crippen MR) is 54.2 cm³/mol. The Kier molecular flexibility index (Phi) is 4.26. The Balaban J connectivity index is 2.40. The summed E-state index contributed by atoms with van der Waals surface area (Å²) in [5.41, 5.74) is 5.42. The standard InChI is InChI=1S/C11H21NO/c1-2-3-8-10(11(12)13)9-6-4-5-7-9/h9-10H,2-8H2,1H3,(H2,12,13)/t10-/m0/s1. The van der Waals surface area contributed by atoms with E-state index in [1.165, 1.54) is 25.7 Å². The molecule has 2 heteroatoms. The number of rotatable bonds is 5. The lowest BCUT2D eigenvalue weighted by atomic mass is 9.86. The fourth-order valence-electron chi connectivity index (χ4n) is 2.39. The van der Waals surface area contributed by atoms with E-state index in [0.717, 1.165) is 19.3 Å². The smallest absolute Gasteiger partial charge is 0.220 e. The fraction of sp³-hybridized carbons (Fsp3) is 0.909. The van der Waals surface area contributed by atoms with Gasteiger partial charge in [0.05, 0.1) is 0 Å². The van der Waals surface area contributed by atoms with Crippen LogP contribution in [0.15, 0.2) is 0 Å². The SMILES string of the molecule is CCCC[C@H](C(N)=O)C1CCCC1. The number of unbranched alkanes of at least 4 members (excludes halogenated alkanes) is 1. The van der Waals surface area contributed by atoms with Crippen molar-refractivity contribution >= 4 is 5.91 Å². The quantitative estimate of drug-likeness (QED) is 0.699. The molecule has 0 radical (unpaired) electrons. The molecule has 0 saturated heterocycles. The molecule has 0 aliphatic heterocycles. The number of amides is 1. The number of primary amides is 1. The highest BCUT2D eigenvalue weighted by Gasteiger charge is 2.28. The molecule has 0 spiro atoms. The molecule has 1 aliphatic carbocycles. The van der Waals surface area contributed by atoms with Crippen molar-refractivity contribution in [2.75, 3.05) is 0 Å². The van der Waals surface area contributed by atoms with E-state index >= 15 is 0 Å². The Hall–Kier alpha value is -0.530. The van der Waals surface area contributed by atoms with E-state index in [0.29, 0.717) is 5.92 Å². The molecule has 1 fully saturated rings. The van der Waals surface area contributed by atoms with Gasteiger partial charge in [0.15, 0.2) is 0 Å². The van der Waals surface area contributed by atoms with Crippen LogP contribution in [0.25, 0.3) is 0 Å². The number of nitrogens with two attached hydrogens (primary N) is 1. The van der Waals surface area contributed by atoms with Gasteiger partial charge in [0, 0.05) is 5.92 Å². The van der Waals surface area contributed by atoms with Gasteiger partial charge in [-0.15, -0.1) is 0 Å². The number of carbonyl (C=O) groups is 1. The summed E-state index contributed by atoms with van der Waals surface area (Å²) in [4.78, 5) is 11.2. The fourth-order valence-corrected chi connectivity index (χ4v) is 2.39. The highest BCUT2D eigenvalue weighted by atomic mass is 16.1. The Morgan fingerprint density at radius 1 is 1.46 bits per heavy atom. The first-order valence-electron chi connectivity index (χ1n) is 5.55. The van der Waals surface area contributed by atoms with Gasteiger partial charge in [-0.1, -0.05) is 32.6 Å². The molecule has 13 heavy (non-hydrogen) atoms. The predicted octanol–water partition coefficient (Wildman–Crippen LogP) is 2.47. The van der Waals surface area contributed by atoms with Gasteiger partial charge in [-0.2, -0.15) is 0 Å². The summed E-state index contributed by atoms with van der Waals surface area (Å²) in [6.07, 6.45) is 8.34. The minimum absolute atomic E-state index is 0.0691. The lowest BCUT2D eigenvalue weighted by Crippen LogP contribution is -2.28. The first-order chi connectivity index (χ1) is 6.25. The van der Waals surface area contributed by atoms with E-state index in [2.05, 4.69) is 6.92 Å². The minimum Gasteiger partial charge on any atom is -0.369 e. The topological polar surface area (TPSA) is 43.1 Å². The van der Waals surface area contributed by atoms with Crippen molar-refractivity contribution in [1.29, 1.82) is 0 Å². The third-order valence-corrected chi connectivity index (χ3v) is 3.20. The summed E-state index contributed by atoms with van der Waals surface area (Å²) in [5, 5.41) is 0. The first-order valence-corrected chi connectivity index (χ1v) is 5.55. The highest BCUT2D eigenvalue weighted by Crippen LogP contribution is 2.33. The Morgan fingerprint density at radius 2 is 2.08 bits per heavy atom. The van der Waals surface area contributed by atoms with Crippen LogP contribution >= 0.6 is 0 Å². The van der Waals surface area contributed by atoms with E-state index < -0.39 is 0 Å². The third kappa shape index (κ3) is 3.02. The third-order valence-electron chi connectivity index (χ3n) is 3.20. The van der Waals surface area contributed by atoms with Crippen LogP contribution in [0.4, 0.5) is 0 Å². The highest BCUT2D eigenvalue weighted by molar-refractivity contribution is 5.76. The van der Waals surface area contributed by atoms with Gasteiger partial charge in [0.1, 0.15) is 0 Å². The summed E-state index contributed by atoms with van der Waals surface area (Å²) in [6.45, 7) is 2.16. The Labute approximate surface area is 80.9 Å². The van der Waals surface area contributed by atoms with E-state index in [9.17, 15) is 4.79 Å². The molecule has 0 heterocycles. The molecular weight excluding hydrogens is 162 g/mol. The maximum absolute atomic E-state index is 11.2. The van der Waals surface area contributed by atoms with Gasteiger partial charge in [-0.25, -0.2) is 0 Å². The maximum Gasteiger partial charge on any atom is 0.220 e. The van der Waals surface area contributed by atoms with Crippen LogP contribution in [0, 0.1) is 11.8 Å². The molecule has 0 unspecified atom stereocenters. The van der Waals surface area contributed by atoms with Crippen LogP contribution in [0.5, 0.6) is 0 Å². The van der Waals surface area contributed by atoms with Crippen molar-refractivity contribution in [3.05, 3.63) is 0 Å². The van der Waals surface area contributed by atoms with Gasteiger partial charge in [-0.05, 0) is 25.2 Å². The molecule has 1 rings (SSSR count). The van der Waals surface area contributed by atoms with Gasteiger partial charge in [0.25, 0.3) is 0 Å². The molecular formula is C11H21NO. The molecule has 0 aromatic rings. The summed E-state index contributed by atoms with van der Waals surface area (Å²) in [5.74, 6) is 0.701. The number of hydrogen-bond acceptors (Lipinski definition) is 1. The molecule has 2 nitrogen and oxygen atoms in total. The van der Waals surface area contributed by atoms with Crippen LogP contribution < -0.4 is 5.73 Å². The average Bonchev–Trinajstić information content (AvgIpc) is 2.57. The van der Waals surface area contributed by atoms with E-state index in [1.807, 2.05) is 0 Å². The zero-order valence-corrected chi connectivity index (χ0v) is 8.59. The minimum atomic E-state index is -0.0691. The molecule has 1 aliphatic rings. The second kappa shape index (κ2) is 5.25. The molecule has 1 amide bonds. The van der Waals surface area contributed by atoms with Crippen molar-refractivity contribution in [3.63, 3.8) is 0 Å². The summed E-state index contributed by atoms with van der Waals surface area (Å²) in [7, 11) is 0. The molecule has 0 aromatic carbocycles. The molecule has 0 aromatic heterocycles. The van der Waals surface area contributed by atoms with Crippen LogP contribution in [0.3, 0.4) is 0 Å². The normalized spacial score (nSPS) is 20.4. The number of hydrogen-bond donors (Lipinski definition) is 1. The van der Waals surface area contributed by atoms with Crippen molar-refractivity contribution in [1.82, 2.24) is 0 Å². The van der Waals surface area contributed by atoms with Gasteiger partial charge in [-0.3, -0.25) is 4.79 Å². The second-order valence-electron chi connectivity index (χ2n) is 4.20. The summed E-state index contributed by atoms with van der Waals surface area (Å²) < 4.78 is 0. The lowest BCUT2D eigenvalue weighted by molar-refractivity contribution is -0.123. The van der Waals surface area contributed by atoms with E-state index in [-0.39, 0.29) is 11.8 Å². The van der Waals surface area contributed by atoms with Gasteiger partial charge < -0.3 is 5.73 Å². The van der Waals surface area contributed by atoms with Crippen LogP contribution in [-0.4, -0.2) is 5.91 Å². The molecule has 0 bridgehead atoms. The summed E-state index contributed by atoms with van der Waals surface area (Å²) in [6, 6.07) is 0. The monoisotopic (exact) mass is 183 g/mol. The van der Waals surface area contributed by atoms with Crippen LogP contribution in [0.1, 0.15) is 51.9 Å². The van der Waals surface area contributed by atoms with Crippen molar-refractivity contribution in [3.8, 4) is 0 Å². The lowest BCUT2D eigenvalue weighted by Gasteiger charge is -2.19.